The lowest BCUT2D eigenvalue weighted by Crippen LogP contribution is -2.34. The molecule has 4 nitrogen and oxygen atoms in total. The fourth-order valence-corrected chi connectivity index (χ4v) is 2.65. The maximum Gasteiger partial charge on any atom is 0.256 e. The molecule has 5 heteroatoms. The first-order valence-electron chi connectivity index (χ1n) is 7.01. The summed E-state index contributed by atoms with van der Waals surface area (Å²) >= 11 is 5.84. The van der Waals surface area contributed by atoms with Crippen molar-refractivity contribution in [2.75, 3.05) is 10.2 Å². The second-order valence-electron chi connectivity index (χ2n) is 5.26. The van der Waals surface area contributed by atoms with E-state index in [0.29, 0.717) is 10.7 Å². The van der Waals surface area contributed by atoms with E-state index in [1.54, 1.807) is 24.3 Å². The number of carbonyl (C=O) groups excluding carboxylic acids is 2. The quantitative estimate of drug-likeness (QED) is 0.883. The second-order valence-corrected chi connectivity index (χ2v) is 5.70. The van der Waals surface area contributed by atoms with E-state index in [0.717, 1.165) is 11.3 Å². The normalized spacial score (nSPS) is 17.9. The molecule has 1 saturated heterocycles. The number of imide groups is 1. The molecule has 1 aliphatic rings. The number of carbonyl (C=O) groups is 2. The van der Waals surface area contributed by atoms with Crippen LogP contribution in [-0.2, 0) is 9.59 Å². The molecule has 2 amide bonds. The monoisotopic (exact) mass is 314 g/mol. The van der Waals surface area contributed by atoms with E-state index < -0.39 is 6.04 Å². The van der Waals surface area contributed by atoms with Gasteiger partial charge in [0.05, 0.1) is 12.1 Å². The van der Waals surface area contributed by atoms with Crippen molar-refractivity contribution in [1.29, 1.82) is 0 Å². The summed E-state index contributed by atoms with van der Waals surface area (Å²) in [6.45, 7) is 1.96. The number of hydrogen-bond acceptors (Lipinski definition) is 3. The van der Waals surface area contributed by atoms with E-state index in [9.17, 15) is 9.59 Å². The highest BCUT2D eigenvalue weighted by atomic mass is 35.5. The zero-order valence-electron chi connectivity index (χ0n) is 12.0. The third-order valence-corrected chi connectivity index (χ3v) is 3.96. The Morgan fingerprint density at radius 2 is 1.77 bits per heavy atom. The topological polar surface area (TPSA) is 49.4 Å². The lowest BCUT2D eigenvalue weighted by atomic mass is 10.1. The number of anilines is 2. The van der Waals surface area contributed by atoms with Crippen molar-refractivity contribution in [2.24, 2.45) is 0 Å². The van der Waals surface area contributed by atoms with Crippen LogP contribution in [0, 0.1) is 6.92 Å². The number of nitrogens with zero attached hydrogens (tertiary/aromatic N) is 1. The summed E-state index contributed by atoms with van der Waals surface area (Å²) in [5.41, 5.74) is 2.45. The molecule has 0 aromatic heterocycles. The number of rotatable bonds is 3. The van der Waals surface area contributed by atoms with Gasteiger partial charge in [-0.3, -0.25) is 9.59 Å². The molecule has 0 saturated carbocycles. The average Bonchev–Trinajstić information content (AvgIpc) is 2.77. The summed E-state index contributed by atoms with van der Waals surface area (Å²) in [7, 11) is 0. The van der Waals surface area contributed by atoms with Gasteiger partial charge < -0.3 is 5.32 Å². The van der Waals surface area contributed by atoms with Crippen LogP contribution in [0.1, 0.15) is 12.0 Å². The molecule has 1 heterocycles. The van der Waals surface area contributed by atoms with Crippen molar-refractivity contribution in [2.45, 2.75) is 19.4 Å². The summed E-state index contributed by atoms with van der Waals surface area (Å²) in [4.78, 5) is 25.9. The first kappa shape index (κ1) is 14.6. The molecule has 0 aliphatic carbocycles. The highest BCUT2D eigenvalue weighted by Crippen LogP contribution is 2.26. The van der Waals surface area contributed by atoms with Crippen LogP contribution in [0.5, 0.6) is 0 Å². The maximum absolute atomic E-state index is 12.5. The van der Waals surface area contributed by atoms with Crippen LogP contribution in [0.2, 0.25) is 5.02 Å². The molecule has 112 valence electrons. The second kappa shape index (κ2) is 5.81. The van der Waals surface area contributed by atoms with Crippen molar-refractivity contribution in [3.8, 4) is 0 Å². The summed E-state index contributed by atoms with van der Waals surface area (Å²) in [6.07, 6.45) is 0.149. The van der Waals surface area contributed by atoms with Gasteiger partial charge in [-0.15, -0.1) is 0 Å². The molecular formula is C17H15ClN2O2. The smallest absolute Gasteiger partial charge is 0.256 e. The van der Waals surface area contributed by atoms with Gasteiger partial charge in [-0.25, -0.2) is 4.90 Å². The predicted octanol–water partition coefficient (Wildman–Crippen LogP) is 3.39. The standard InChI is InChI=1S/C17H15ClN2O2/c1-11-4-2-3-5-14(11)19-15-10-16(21)20(17(15)22)13-8-6-12(18)7-9-13/h2-9,15,19H,10H2,1H3. The van der Waals surface area contributed by atoms with Crippen molar-refractivity contribution in [3.63, 3.8) is 0 Å². The SMILES string of the molecule is Cc1ccccc1NC1CC(=O)N(c2ccc(Cl)cc2)C1=O. The third-order valence-electron chi connectivity index (χ3n) is 3.71. The molecule has 0 spiro atoms. The van der Waals surface area contributed by atoms with Crippen molar-refractivity contribution < 1.29 is 9.59 Å². The number of para-hydroxylation sites is 1. The Labute approximate surface area is 133 Å². The van der Waals surface area contributed by atoms with Gasteiger partial charge in [-0.05, 0) is 42.8 Å². The number of benzene rings is 2. The minimum absolute atomic E-state index is 0.149. The van der Waals surface area contributed by atoms with E-state index in [2.05, 4.69) is 5.32 Å². The summed E-state index contributed by atoms with van der Waals surface area (Å²) in [5.74, 6) is -0.450. The van der Waals surface area contributed by atoms with Gasteiger partial charge in [0.25, 0.3) is 5.91 Å². The molecule has 3 rings (SSSR count). The molecule has 0 bridgehead atoms. The highest BCUT2D eigenvalue weighted by Gasteiger charge is 2.39. The first-order valence-corrected chi connectivity index (χ1v) is 7.38. The lowest BCUT2D eigenvalue weighted by molar-refractivity contribution is -0.121. The third kappa shape index (κ3) is 2.70. The number of halogens is 1. The first-order chi connectivity index (χ1) is 10.6. The number of hydrogen-bond donors (Lipinski definition) is 1. The van der Waals surface area contributed by atoms with E-state index in [-0.39, 0.29) is 18.2 Å². The van der Waals surface area contributed by atoms with Crippen LogP contribution in [-0.4, -0.2) is 17.9 Å². The Morgan fingerprint density at radius 3 is 2.45 bits per heavy atom. The minimum atomic E-state index is -0.538. The van der Waals surface area contributed by atoms with Crippen molar-refractivity contribution in [1.82, 2.24) is 0 Å². The molecule has 1 atom stereocenters. The molecular weight excluding hydrogens is 300 g/mol. The van der Waals surface area contributed by atoms with Gasteiger partial charge in [0.2, 0.25) is 5.91 Å². The number of nitrogens with one attached hydrogen (secondary N) is 1. The molecule has 1 fully saturated rings. The molecule has 1 N–H and O–H groups in total. The Bertz CT molecular complexity index is 728. The minimum Gasteiger partial charge on any atom is -0.373 e. The predicted molar refractivity (Wildman–Crippen MR) is 87.2 cm³/mol. The zero-order chi connectivity index (χ0) is 15.7. The average molecular weight is 315 g/mol. The largest absolute Gasteiger partial charge is 0.373 e. The Hall–Kier alpha value is -2.33. The van der Waals surface area contributed by atoms with Crippen LogP contribution in [0.15, 0.2) is 48.5 Å². The van der Waals surface area contributed by atoms with E-state index in [1.165, 1.54) is 4.90 Å². The Morgan fingerprint density at radius 1 is 1.09 bits per heavy atom. The molecule has 22 heavy (non-hydrogen) atoms. The van der Waals surface area contributed by atoms with Crippen LogP contribution >= 0.6 is 11.6 Å². The van der Waals surface area contributed by atoms with E-state index >= 15 is 0 Å². The van der Waals surface area contributed by atoms with Crippen LogP contribution in [0.4, 0.5) is 11.4 Å². The number of aryl methyl sites for hydroxylation is 1. The summed E-state index contributed by atoms with van der Waals surface area (Å²) in [5, 5.41) is 3.73. The van der Waals surface area contributed by atoms with Gasteiger partial charge in [-0.1, -0.05) is 29.8 Å². The summed E-state index contributed by atoms with van der Waals surface area (Å²) < 4.78 is 0. The molecule has 1 unspecified atom stereocenters. The van der Waals surface area contributed by atoms with E-state index in [1.807, 2.05) is 31.2 Å². The van der Waals surface area contributed by atoms with Crippen molar-refractivity contribution >= 4 is 34.8 Å². The van der Waals surface area contributed by atoms with Gasteiger partial charge in [0.1, 0.15) is 6.04 Å². The van der Waals surface area contributed by atoms with Gasteiger partial charge in [-0.2, -0.15) is 0 Å². The number of amides is 2. The fourth-order valence-electron chi connectivity index (χ4n) is 2.53. The lowest BCUT2D eigenvalue weighted by Gasteiger charge is -2.17. The maximum atomic E-state index is 12.5. The summed E-state index contributed by atoms with van der Waals surface area (Å²) in [6, 6.07) is 13.8. The Balaban J connectivity index is 1.82. The zero-order valence-corrected chi connectivity index (χ0v) is 12.8. The van der Waals surface area contributed by atoms with Gasteiger partial charge in [0.15, 0.2) is 0 Å². The van der Waals surface area contributed by atoms with Crippen molar-refractivity contribution in [3.05, 3.63) is 59.1 Å². The molecule has 2 aromatic rings. The fraction of sp³-hybridized carbons (Fsp3) is 0.176. The molecule has 0 radical (unpaired) electrons. The van der Waals surface area contributed by atoms with Crippen LogP contribution in [0.3, 0.4) is 0 Å². The molecule has 1 aliphatic heterocycles. The van der Waals surface area contributed by atoms with Crippen LogP contribution < -0.4 is 10.2 Å². The van der Waals surface area contributed by atoms with Gasteiger partial charge in [0, 0.05) is 10.7 Å². The highest BCUT2D eigenvalue weighted by molar-refractivity contribution is 6.30. The van der Waals surface area contributed by atoms with E-state index in [4.69, 9.17) is 11.6 Å². The Kier molecular flexibility index (Phi) is 3.86. The van der Waals surface area contributed by atoms with Crippen LogP contribution in [0.25, 0.3) is 0 Å². The van der Waals surface area contributed by atoms with Gasteiger partial charge >= 0.3 is 0 Å². The molecule has 2 aromatic carbocycles.